The number of hydrogen-bond donors (Lipinski definition) is 0. The van der Waals surface area contributed by atoms with E-state index >= 15 is 0 Å². The van der Waals surface area contributed by atoms with Crippen molar-refractivity contribution >= 4 is 8.69 Å². The van der Waals surface area contributed by atoms with E-state index in [0.29, 0.717) is 6.61 Å². The summed E-state index contributed by atoms with van der Waals surface area (Å²) in [6.07, 6.45) is 4.80. The minimum absolute atomic E-state index is 0.585. The topological polar surface area (TPSA) is 26.3 Å². The number of unbranched alkanes of at least 4 members (excludes halogenated alkanes) is 2. The Bertz CT molecular complexity index is 94.1. The van der Waals surface area contributed by atoms with Gasteiger partial charge in [-0.1, -0.05) is 33.1 Å². The molecule has 0 amide bonds. The second kappa shape index (κ2) is 8.16. The molecule has 0 fully saturated rings. The maximum Gasteiger partial charge on any atom is 0.494 e. The molecule has 0 saturated carbocycles. The van der Waals surface area contributed by atoms with Gasteiger partial charge >= 0.3 is 8.69 Å². The molecule has 0 rings (SSSR count). The Morgan fingerprint density at radius 1 is 1.27 bits per heavy atom. The van der Waals surface area contributed by atoms with Crippen LogP contribution in [0.2, 0.25) is 0 Å². The Hall–Kier alpha value is 0.0600. The first-order chi connectivity index (χ1) is 5.27. The molecule has 0 aromatic carbocycles. The third kappa shape index (κ3) is 10.1. The van der Waals surface area contributed by atoms with Crippen LogP contribution in [-0.2, 0) is 9.09 Å². The fraction of sp³-hybridized carbons (Fsp3) is 1.00. The molecule has 11 heavy (non-hydrogen) atoms. The Morgan fingerprint density at radius 2 is 2.00 bits per heavy atom. The molecular formula is C8H18O2P+. The molecular weight excluding hydrogens is 159 g/mol. The minimum atomic E-state index is -0.585. The van der Waals surface area contributed by atoms with Crippen LogP contribution in [0.25, 0.3) is 0 Å². The molecule has 0 aliphatic carbocycles. The van der Waals surface area contributed by atoms with Crippen LogP contribution in [0.15, 0.2) is 0 Å². The molecule has 0 radical (unpaired) electrons. The second-order valence-corrected chi connectivity index (χ2v) is 3.63. The van der Waals surface area contributed by atoms with E-state index in [0.717, 1.165) is 12.3 Å². The number of hydrogen-bond acceptors (Lipinski definition) is 2. The van der Waals surface area contributed by atoms with E-state index in [2.05, 4.69) is 13.8 Å². The molecule has 0 aromatic heterocycles. The zero-order valence-corrected chi connectivity index (χ0v) is 8.43. The predicted molar refractivity (Wildman–Crippen MR) is 48.3 cm³/mol. The predicted octanol–water partition coefficient (Wildman–Crippen LogP) is 3.16. The fourth-order valence-corrected chi connectivity index (χ4v) is 1.17. The first-order valence-corrected chi connectivity index (χ1v) is 5.08. The van der Waals surface area contributed by atoms with Crippen molar-refractivity contribution in [3.8, 4) is 0 Å². The number of rotatable bonds is 7. The van der Waals surface area contributed by atoms with Gasteiger partial charge in [-0.25, -0.2) is 0 Å². The highest BCUT2D eigenvalue weighted by Crippen LogP contribution is 2.08. The van der Waals surface area contributed by atoms with Crippen LogP contribution in [0, 0.1) is 5.92 Å². The maximum atomic E-state index is 9.88. The van der Waals surface area contributed by atoms with E-state index in [4.69, 9.17) is 4.52 Å². The average molecular weight is 177 g/mol. The lowest BCUT2D eigenvalue weighted by Gasteiger charge is -2.01. The van der Waals surface area contributed by atoms with Crippen LogP contribution < -0.4 is 0 Å². The maximum absolute atomic E-state index is 9.88. The van der Waals surface area contributed by atoms with Gasteiger partial charge in [0, 0.05) is 0 Å². The molecule has 0 aliphatic rings. The molecule has 3 heteroatoms. The lowest BCUT2D eigenvalue weighted by Crippen LogP contribution is -1.89. The van der Waals surface area contributed by atoms with Gasteiger partial charge in [0.05, 0.1) is 0 Å². The van der Waals surface area contributed by atoms with E-state index < -0.39 is 8.69 Å². The van der Waals surface area contributed by atoms with Crippen LogP contribution in [0.5, 0.6) is 0 Å². The van der Waals surface area contributed by atoms with Gasteiger partial charge in [0.15, 0.2) is 0 Å². The molecule has 0 N–H and O–H groups in total. The summed E-state index contributed by atoms with van der Waals surface area (Å²) in [6, 6.07) is 0. The van der Waals surface area contributed by atoms with Crippen LogP contribution in [0.4, 0.5) is 0 Å². The van der Waals surface area contributed by atoms with Crippen molar-refractivity contribution in [2.75, 3.05) is 6.61 Å². The highest BCUT2D eigenvalue weighted by atomic mass is 31.1. The van der Waals surface area contributed by atoms with E-state index in [1.165, 1.54) is 19.3 Å². The first kappa shape index (κ1) is 11.1. The van der Waals surface area contributed by atoms with E-state index in [1.54, 1.807) is 0 Å². The van der Waals surface area contributed by atoms with Crippen LogP contribution >= 0.6 is 8.69 Å². The molecule has 2 nitrogen and oxygen atoms in total. The molecule has 0 aromatic rings. The van der Waals surface area contributed by atoms with Crippen LogP contribution in [0.3, 0.4) is 0 Å². The highest BCUT2D eigenvalue weighted by Gasteiger charge is 1.95. The largest absolute Gasteiger partial charge is 0.494 e. The Balaban J connectivity index is 2.85. The van der Waals surface area contributed by atoms with Crippen molar-refractivity contribution in [1.29, 1.82) is 0 Å². The van der Waals surface area contributed by atoms with E-state index in [9.17, 15) is 4.57 Å². The smallest absolute Gasteiger partial charge is 0.148 e. The summed E-state index contributed by atoms with van der Waals surface area (Å²) < 4.78 is 14.6. The summed E-state index contributed by atoms with van der Waals surface area (Å²) in [5.74, 6) is 0.803. The normalized spacial score (nSPS) is 11.2. The monoisotopic (exact) mass is 177 g/mol. The zero-order chi connectivity index (χ0) is 8.53. The Kier molecular flexibility index (Phi) is 8.20. The molecule has 1 unspecified atom stereocenters. The Labute approximate surface area is 70.6 Å². The van der Waals surface area contributed by atoms with Gasteiger partial charge in [0.25, 0.3) is 0 Å². The van der Waals surface area contributed by atoms with Crippen molar-refractivity contribution in [1.82, 2.24) is 0 Å². The summed E-state index contributed by atoms with van der Waals surface area (Å²) in [6.45, 7) is 5.12. The lowest BCUT2D eigenvalue weighted by molar-refractivity contribution is 0.326. The SMILES string of the molecule is CC(C)CCCCCO[PH+]=O. The molecule has 0 heterocycles. The lowest BCUT2D eigenvalue weighted by atomic mass is 10.1. The summed E-state index contributed by atoms with van der Waals surface area (Å²) >= 11 is 0. The van der Waals surface area contributed by atoms with Gasteiger partial charge in [0.1, 0.15) is 6.61 Å². The first-order valence-electron chi connectivity index (χ1n) is 4.26. The summed E-state index contributed by atoms with van der Waals surface area (Å²) in [7, 11) is -0.585. The van der Waals surface area contributed by atoms with Gasteiger partial charge in [-0.3, -0.25) is 0 Å². The molecule has 0 spiro atoms. The van der Waals surface area contributed by atoms with E-state index in [-0.39, 0.29) is 0 Å². The van der Waals surface area contributed by atoms with Crippen molar-refractivity contribution < 1.29 is 9.09 Å². The van der Waals surface area contributed by atoms with Crippen molar-refractivity contribution in [2.24, 2.45) is 5.92 Å². The highest BCUT2D eigenvalue weighted by molar-refractivity contribution is 7.17. The van der Waals surface area contributed by atoms with Gasteiger partial charge in [-0.15, -0.1) is 4.52 Å². The van der Waals surface area contributed by atoms with Crippen molar-refractivity contribution in [3.63, 3.8) is 0 Å². The van der Waals surface area contributed by atoms with Gasteiger partial charge < -0.3 is 0 Å². The molecule has 0 bridgehead atoms. The minimum Gasteiger partial charge on any atom is -0.148 e. The van der Waals surface area contributed by atoms with Crippen molar-refractivity contribution in [3.05, 3.63) is 0 Å². The molecule has 66 valence electrons. The summed E-state index contributed by atoms with van der Waals surface area (Å²) in [4.78, 5) is 0. The third-order valence-corrected chi connectivity index (χ3v) is 1.91. The second-order valence-electron chi connectivity index (χ2n) is 3.17. The van der Waals surface area contributed by atoms with Crippen LogP contribution in [-0.4, -0.2) is 6.61 Å². The molecule has 0 saturated heterocycles. The average Bonchev–Trinajstić information content (AvgIpc) is 1.96. The molecule has 1 atom stereocenters. The molecule has 0 aliphatic heterocycles. The quantitative estimate of drug-likeness (QED) is 0.441. The summed E-state index contributed by atoms with van der Waals surface area (Å²) in [5, 5.41) is 0. The van der Waals surface area contributed by atoms with Gasteiger partial charge in [0.2, 0.25) is 0 Å². The van der Waals surface area contributed by atoms with Crippen molar-refractivity contribution in [2.45, 2.75) is 39.5 Å². The van der Waals surface area contributed by atoms with Gasteiger partial charge in [-0.05, 0) is 16.9 Å². The zero-order valence-electron chi connectivity index (χ0n) is 7.43. The fourth-order valence-electron chi connectivity index (χ4n) is 0.945. The standard InChI is InChI=1S/C8H18O2P/c1-8(2)6-4-3-5-7-10-11-9/h8,11H,3-7H2,1-2H3/q+1. The van der Waals surface area contributed by atoms with E-state index in [1.807, 2.05) is 0 Å². The Morgan fingerprint density at radius 3 is 2.55 bits per heavy atom. The third-order valence-electron chi connectivity index (χ3n) is 1.59. The summed E-state index contributed by atoms with van der Waals surface area (Å²) in [5.41, 5.74) is 0. The van der Waals surface area contributed by atoms with Crippen LogP contribution in [0.1, 0.15) is 39.5 Å². The van der Waals surface area contributed by atoms with Gasteiger partial charge in [-0.2, -0.15) is 0 Å².